The molecule has 1 aromatic carbocycles. The van der Waals surface area contributed by atoms with Gasteiger partial charge in [-0.1, -0.05) is 0 Å². The first-order chi connectivity index (χ1) is 9.10. The molecule has 1 heterocycles. The summed E-state index contributed by atoms with van der Waals surface area (Å²) in [5.74, 6) is 0.459. The number of carbonyl (C=O) groups is 1. The van der Waals surface area contributed by atoms with E-state index in [1.165, 1.54) is 7.11 Å². The van der Waals surface area contributed by atoms with Crippen molar-refractivity contribution in [3.8, 4) is 0 Å². The third-order valence-corrected chi connectivity index (χ3v) is 4.18. The summed E-state index contributed by atoms with van der Waals surface area (Å²) in [4.78, 5) is 11.3. The van der Waals surface area contributed by atoms with Gasteiger partial charge in [0.25, 0.3) is 0 Å². The highest BCUT2D eigenvalue weighted by Gasteiger charge is 2.07. The van der Waals surface area contributed by atoms with Gasteiger partial charge in [-0.3, -0.25) is 0 Å². The number of rotatable bonds is 4. The summed E-state index contributed by atoms with van der Waals surface area (Å²) in [6.07, 6.45) is 0. The van der Waals surface area contributed by atoms with Gasteiger partial charge < -0.3 is 14.5 Å². The highest BCUT2D eigenvalue weighted by molar-refractivity contribution is 9.13. The second kappa shape index (κ2) is 6.25. The molecule has 0 bridgehead atoms. The molecule has 2 rings (SSSR count). The maximum atomic E-state index is 11.3. The molecular formula is C13H11Br2NO3. The van der Waals surface area contributed by atoms with Crippen LogP contribution in [0.15, 0.2) is 43.9 Å². The van der Waals surface area contributed by atoms with Crippen molar-refractivity contribution in [3.63, 3.8) is 0 Å². The van der Waals surface area contributed by atoms with Crippen LogP contribution in [0.5, 0.6) is 0 Å². The Balaban J connectivity index is 1.98. The van der Waals surface area contributed by atoms with Crippen LogP contribution < -0.4 is 5.32 Å². The van der Waals surface area contributed by atoms with Gasteiger partial charge in [-0.2, -0.15) is 0 Å². The van der Waals surface area contributed by atoms with Crippen molar-refractivity contribution in [3.05, 3.63) is 50.8 Å². The molecule has 100 valence electrons. The highest BCUT2D eigenvalue weighted by Crippen LogP contribution is 2.27. The number of carbonyl (C=O) groups excluding carboxylic acids is 1. The number of methoxy groups -OCH3 is 1. The Morgan fingerprint density at radius 3 is 2.53 bits per heavy atom. The number of benzene rings is 1. The van der Waals surface area contributed by atoms with Gasteiger partial charge in [-0.25, -0.2) is 4.79 Å². The smallest absolute Gasteiger partial charge is 0.337 e. The van der Waals surface area contributed by atoms with E-state index in [0.29, 0.717) is 16.8 Å². The fourth-order valence-electron chi connectivity index (χ4n) is 1.51. The largest absolute Gasteiger partial charge is 0.465 e. The average molecular weight is 389 g/mol. The molecule has 19 heavy (non-hydrogen) atoms. The molecule has 1 aromatic heterocycles. The molecular weight excluding hydrogens is 378 g/mol. The molecule has 0 saturated heterocycles. The molecule has 2 aromatic rings. The molecule has 0 radical (unpaired) electrons. The molecule has 0 amide bonds. The highest BCUT2D eigenvalue weighted by atomic mass is 79.9. The monoisotopic (exact) mass is 387 g/mol. The molecule has 1 N–H and O–H groups in total. The van der Waals surface area contributed by atoms with Gasteiger partial charge in [0.1, 0.15) is 5.76 Å². The van der Waals surface area contributed by atoms with Crippen LogP contribution in [-0.4, -0.2) is 13.1 Å². The van der Waals surface area contributed by atoms with Crippen LogP contribution in [0, 0.1) is 0 Å². The Morgan fingerprint density at radius 1 is 1.32 bits per heavy atom. The summed E-state index contributed by atoms with van der Waals surface area (Å²) >= 11 is 6.64. The van der Waals surface area contributed by atoms with E-state index in [-0.39, 0.29) is 5.97 Å². The molecule has 0 fully saturated rings. The van der Waals surface area contributed by atoms with Gasteiger partial charge in [0, 0.05) is 5.69 Å². The van der Waals surface area contributed by atoms with Crippen LogP contribution in [0.1, 0.15) is 16.1 Å². The summed E-state index contributed by atoms with van der Waals surface area (Å²) in [5.41, 5.74) is 1.42. The van der Waals surface area contributed by atoms with E-state index in [1.807, 2.05) is 18.2 Å². The summed E-state index contributed by atoms with van der Waals surface area (Å²) in [7, 11) is 1.36. The summed E-state index contributed by atoms with van der Waals surface area (Å²) in [5, 5.41) is 3.20. The lowest BCUT2D eigenvalue weighted by atomic mass is 10.2. The molecule has 6 heteroatoms. The van der Waals surface area contributed by atoms with E-state index >= 15 is 0 Å². The van der Waals surface area contributed by atoms with Gasteiger partial charge in [0.05, 0.1) is 23.7 Å². The number of nitrogens with one attached hydrogen (secondary N) is 1. The molecule has 0 saturated carbocycles. The van der Waals surface area contributed by atoms with E-state index in [1.54, 1.807) is 12.1 Å². The van der Waals surface area contributed by atoms with Gasteiger partial charge >= 0.3 is 5.97 Å². The van der Waals surface area contributed by atoms with E-state index in [4.69, 9.17) is 4.42 Å². The van der Waals surface area contributed by atoms with Crippen LogP contribution in [0.4, 0.5) is 5.69 Å². The minimum Gasteiger partial charge on any atom is -0.465 e. The van der Waals surface area contributed by atoms with Gasteiger partial charge in [-0.15, -0.1) is 0 Å². The van der Waals surface area contributed by atoms with Crippen molar-refractivity contribution >= 4 is 43.5 Å². The Hall–Kier alpha value is -1.27. The predicted molar refractivity (Wildman–Crippen MR) is 79.2 cm³/mol. The van der Waals surface area contributed by atoms with Crippen LogP contribution in [0.2, 0.25) is 0 Å². The van der Waals surface area contributed by atoms with Crippen molar-refractivity contribution in [2.45, 2.75) is 6.54 Å². The molecule has 0 aliphatic carbocycles. The summed E-state index contributed by atoms with van der Waals surface area (Å²) < 4.78 is 11.6. The lowest BCUT2D eigenvalue weighted by Gasteiger charge is -2.05. The SMILES string of the molecule is COC(=O)c1ccc(NCc2cc(Br)c(Br)o2)cc1. The Bertz CT molecular complexity index is 559. The lowest BCUT2D eigenvalue weighted by Crippen LogP contribution is -2.02. The quantitative estimate of drug-likeness (QED) is 0.797. The Morgan fingerprint density at radius 2 is 2.00 bits per heavy atom. The molecule has 4 nitrogen and oxygen atoms in total. The van der Waals surface area contributed by atoms with Crippen molar-refractivity contribution in [2.75, 3.05) is 12.4 Å². The molecule has 0 unspecified atom stereocenters. The first-order valence-corrected chi connectivity index (χ1v) is 7.04. The summed E-state index contributed by atoms with van der Waals surface area (Å²) in [6.45, 7) is 0.557. The normalized spacial score (nSPS) is 10.3. The fraction of sp³-hybridized carbons (Fsp3) is 0.154. The maximum absolute atomic E-state index is 11.3. The van der Waals surface area contributed by atoms with E-state index in [2.05, 4.69) is 41.9 Å². The molecule has 0 aliphatic rings. The molecule has 0 atom stereocenters. The predicted octanol–water partition coefficient (Wildman–Crippen LogP) is 4.20. The van der Waals surface area contributed by atoms with Gasteiger partial charge in [0.2, 0.25) is 0 Å². The lowest BCUT2D eigenvalue weighted by molar-refractivity contribution is 0.0601. The second-order valence-electron chi connectivity index (χ2n) is 3.76. The number of hydrogen-bond acceptors (Lipinski definition) is 4. The first-order valence-electron chi connectivity index (χ1n) is 5.46. The standard InChI is InChI=1S/C13H11Br2NO3/c1-18-13(17)8-2-4-9(5-3-8)16-7-10-6-11(14)12(15)19-10/h2-6,16H,7H2,1H3. The number of esters is 1. The fourth-order valence-corrected chi connectivity index (χ4v) is 2.17. The molecule has 0 spiro atoms. The van der Waals surface area contributed by atoms with Crippen molar-refractivity contribution < 1.29 is 13.9 Å². The minimum absolute atomic E-state index is 0.342. The number of ether oxygens (including phenoxy) is 1. The topological polar surface area (TPSA) is 51.5 Å². The zero-order valence-corrected chi connectivity index (χ0v) is 13.2. The average Bonchev–Trinajstić information content (AvgIpc) is 2.75. The van der Waals surface area contributed by atoms with Crippen LogP contribution in [0.3, 0.4) is 0 Å². The minimum atomic E-state index is -0.342. The van der Waals surface area contributed by atoms with Crippen LogP contribution in [-0.2, 0) is 11.3 Å². The van der Waals surface area contributed by atoms with E-state index in [0.717, 1.165) is 15.9 Å². The summed E-state index contributed by atoms with van der Waals surface area (Å²) in [6, 6.07) is 8.95. The van der Waals surface area contributed by atoms with Crippen molar-refractivity contribution in [2.24, 2.45) is 0 Å². The van der Waals surface area contributed by atoms with Gasteiger partial charge in [0.15, 0.2) is 4.67 Å². The number of furan rings is 1. The third kappa shape index (κ3) is 3.61. The number of anilines is 1. The molecule has 0 aliphatic heterocycles. The van der Waals surface area contributed by atoms with Crippen LogP contribution in [0.25, 0.3) is 0 Å². The maximum Gasteiger partial charge on any atom is 0.337 e. The first kappa shape index (κ1) is 14.1. The third-order valence-electron chi connectivity index (χ3n) is 2.47. The zero-order valence-electron chi connectivity index (χ0n) is 10.1. The Kier molecular flexibility index (Phi) is 4.66. The van der Waals surface area contributed by atoms with Gasteiger partial charge in [-0.05, 0) is 62.2 Å². The number of hydrogen-bond donors (Lipinski definition) is 1. The van der Waals surface area contributed by atoms with Crippen molar-refractivity contribution in [1.29, 1.82) is 0 Å². The van der Waals surface area contributed by atoms with Crippen LogP contribution >= 0.6 is 31.9 Å². The zero-order chi connectivity index (χ0) is 13.8. The van der Waals surface area contributed by atoms with Crippen molar-refractivity contribution in [1.82, 2.24) is 0 Å². The second-order valence-corrected chi connectivity index (χ2v) is 5.33. The number of halogens is 2. The Labute approximate surface area is 127 Å². The van der Waals surface area contributed by atoms with E-state index in [9.17, 15) is 4.79 Å². The van der Waals surface area contributed by atoms with E-state index < -0.39 is 0 Å².